The van der Waals surface area contributed by atoms with Gasteiger partial charge >= 0.3 is 0 Å². The maximum Gasteiger partial charge on any atom is 0.260 e. The van der Waals surface area contributed by atoms with E-state index in [1.807, 2.05) is 0 Å². The number of carbonyl (C=O) groups is 4. The van der Waals surface area contributed by atoms with Gasteiger partial charge in [-0.05, 0) is 111 Å². The molecule has 308 valence electrons. The van der Waals surface area contributed by atoms with Crippen LogP contribution < -0.4 is 43.0 Å². The summed E-state index contributed by atoms with van der Waals surface area (Å²) in [6.45, 7) is 2.99. The van der Waals surface area contributed by atoms with Gasteiger partial charge in [0.15, 0.2) is 10.2 Å². The van der Waals surface area contributed by atoms with E-state index in [1.165, 1.54) is 38.1 Å². The van der Waals surface area contributed by atoms with Crippen molar-refractivity contribution in [3.63, 3.8) is 0 Å². The molecule has 15 nitrogen and oxygen atoms in total. The molecule has 22 heteroatoms. The highest BCUT2D eigenvalue weighted by molar-refractivity contribution is 7.83. The van der Waals surface area contributed by atoms with E-state index < -0.39 is 68.1 Å². The number of carbonyl (C=O) groups excluding carboxylic acids is 4. The summed E-state index contributed by atoms with van der Waals surface area (Å²) in [7, 11) is -1.83. The molecule has 0 aliphatic carbocycles. The first-order chi connectivity index (χ1) is 26.1. The van der Waals surface area contributed by atoms with Gasteiger partial charge in [-0.3, -0.25) is 53.5 Å². The molecule has 0 saturated heterocycles. The minimum absolute atomic E-state index is 0.130. The third-order valence-corrected chi connectivity index (χ3v) is 6.61. The lowest BCUT2D eigenvalue weighted by Crippen LogP contribution is -2.52. The van der Waals surface area contributed by atoms with Crippen molar-refractivity contribution >= 4 is 125 Å². The summed E-state index contributed by atoms with van der Waals surface area (Å²) in [6.07, 6.45) is 9.83. The molecule has 0 heterocycles. The topological polar surface area (TPSA) is 216 Å². The van der Waals surface area contributed by atoms with Crippen LogP contribution in [0.3, 0.4) is 0 Å². The van der Waals surface area contributed by atoms with Crippen LogP contribution in [0.15, 0.2) is 72.8 Å². The van der Waals surface area contributed by atoms with Crippen LogP contribution >= 0.6 is 47.6 Å². The van der Waals surface area contributed by atoms with Crippen molar-refractivity contribution in [2.45, 2.75) is 25.9 Å². The first-order valence-corrected chi connectivity index (χ1v) is 23.3. The van der Waals surface area contributed by atoms with Gasteiger partial charge in [-0.2, -0.15) is 0 Å². The van der Waals surface area contributed by atoms with E-state index >= 15 is 0 Å². The van der Waals surface area contributed by atoms with Crippen LogP contribution in [0.1, 0.15) is 34.6 Å². The zero-order chi connectivity index (χ0) is 43.0. The van der Waals surface area contributed by atoms with Crippen molar-refractivity contribution in [2.75, 3.05) is 48.2 Å². The molecule has 0 saturated carbocycles. The average Bonchev–Trinajstić information content (AvgIpc) is 3.10. The van der Waals surface area contributed by atoms with E-state index in [-0.39, 0.29) is 21.4 Å². The molecule has 0 spiro atoms. The Balaban J connectivity index is 0.00000220. The van der Waals surface area contributed by atoms with Crippen molar-refractivity contribution in [1.82, 2.24) is 32.3 Å². The summed E-state index contributed by atoms with van der Waals surface area (Å²) in [5.74, 6) is -2.16. The van der Waals surface area contributed by atoms with E-state index in [1.54, 1.807) is 86.1 Å². The van der Waals surface area contributed by atoms with Gasteiger partial charge in [-0.25, -0.2) is 0 Å². The molecule has 0 bridgehead atoms. The molecule has 4 amide bonds. The molecule has 3 aromatic carbocycles. The normalized spacial score (nSPS) is 10.9. The van der Waals surface area contributed by atoms with E-state index in [9.17, 15) is 31.8 Å². The second-order valence-corrected chi connectivity index (χ2v) is 17.5. The summed E-state index contributed by atoms with van der Waals surface area (Å²) in [4.78, 5) is 50.0. The smallest absolute Gasteiger partial charge is 0.260 e. The van der Waals surface area contributed by atoms with Crippen LogP contribution in [-0.2, 0) is 42.0 Å². The highest BCUT2D eigenvalue weighted by atomic mass is 35.5. The lowest BCUT2D eigenvalue weighted by Gasteiger charge is -2.17. The van der Waals surface area contributed by atoms with Crippen molar-refractivity contribution in [3.05, 3.63) is 94.0 Å². The Morgan fingerprint density at radius 2 is 0.750 bits per heavy atom. The summed E-state index contributed by atoms with van der Waals surface area (Å²) in [6, 6.07) is 17.4. The van der Waals surface area contributed by atoms with Crippen molar-refractivity contribution in [2.24, 2.45) is 0 Å². The van der Waals surface area contributed by atoms with E-state index in [2.05, 4.69) is 43.0 Å². The maximum atomic E-state index is 12.6. The van der Waals surface area contributed by atoms with Crippen LogP contribution in [0.5, 0.6) is 0 Å². The molecular formula is C34H46Cl2N8O7S5. The number of amides is 4. The molecular weight excluding hydrogens is 864 g/mol. The zero-order valence-electron chi connectivity index (χ0n) is 31.7. The minimum atomic E-state index is -0.918. The Hall–Kier alpha value is -4.05. The van der Waals surface area contributed by atoms with Gasteiger partial charge in [-0.1, -0.05) is 23.2 Å². The fraction of sp³-hybridized carbons (Fsp3) is 0.294. The standard InChI is InChI=1S/C28H28Cl2N8O4S2.3C2H6OS/c1-15(23(39)35-37-27(43)33-21-11-7-19(29)8-12-21)31-25(41)17-3-5-18(6-4-17)26(42)32-16(2)24(40)36-38-28(44)34-22-13-9-20(30)10-14-22;3*1-4(2)3/h3-16H,1-2H3,(H,31,41)(H,32,42)(H,35,39)(H,36,40)(H2,33,37,43)(H2,34,38,44);3*1-2H3/t15-,16-;;;/m0.../s1. The van der Waals surface area contributed by atoms with Gasteiger partial charge < -0.3 is 21.3 Å². The quantitative estimate of drug-likeness (QED) is 0.121. The highest BCUT2D eigenvalue weighted by Crippen LogP contribution is 2.14. The Morgan fingerprint density at radius 3 is 1.00 bits per heavy atom. The monoisotopic (exact) mass is 908 g/mol. The predicted molar refractivity (Wildman–Crippen MR) is 238 cm³/mol. The molecule has 8 N–H and O–H groups in total. The van der Waals surface area contributed by atoms with Gasteiger partial charge in [-0.15, -0.1) is 0 Å². The van der Waals surface area contributed by atoms with Crippen LogP contribution in [0.25, 0.3) is 0 Å². The fourth-order valence-electron chi connectivity index (χ4n) is 3.31. The number of anilines is 2. The number of nitrogens with one attached hydrogen (secondary N) is 8. The number of rotatable bonds is 8. The van der Waals surface area contributed by atoms with Gasteiger partial charge in [0, 0.05) is 102 Å². The van der Waals surface area contributed by atoms with Gasteiger partial charge in [0.1, 0.15) is 12.1 Å². The van der Waals surface area contributed by atoms with E-state index in [0.29, 0.717) is 21.4 Å². The van der Waals surface area contributed by atoms with Gasteiger partial charge in [0.2, 0.25) is 0 Å². The summed E-state index contributed by atoms with van der Waals surface area (Å²) in [5.41, 5.74) is 11.7. The first-order valence-electron chi connectivity index (χ1n) is 15.8. The van der Waals surface area contributed by atoms with Crippen LogP contribution in [0, 0.1) is 0 Å². The van der Waals surface area contributed by atoms with E-state index in [0.717, 1.165) is 0 Å². The molecule has 0 unspecified atom stereocenters. The Kier molecular flexibility index (Phi) is 26.3. The second-order valence-electron chi connectivity index (χ2n) is 11.3. The molecule has 0 fully saturated rings. The van der Waals surface area contributed by atoms with Crippen molar-refractivity contribution in [3.8, 4) is 0 Å². The molecule has 3 aromatic rings. The maximum absolute atomic E-state index is 12.6. The van der Waals surface area contributed by atoms with Crippen LogP contribution in [0.2, 0.25) is 10.0 Å². The first kappa shape index (κ1) is 52.0. The molecule has 56 heavy (non-hydrogen) atoms. The van der Waals surface area contributed by atoms with Crippen molar-refractivity contribution < 1.29 is 31.8 Å². The van der Waals surface area contributed by atoms with Crippen LogP contribution in [0.4, 0.5) is 11.4 Å². The molecule has 2 atom stereocenters. The lowest BCUT2D eigenvalue weighted by atomic mass is 10.1. The largest absolute Gasteiger partial charge is 0.340 e. The second kappa shape index (κ2) is 28.4. The third-order valence-electron chi connectivity index (χ3n) is 5.69. The number of hydrogen-bond donors (Lipinski definition) is 8. The Morgan fingerprint density at radius 1 is 0.500 bits per heavy atom. The highest BCUT2D eigenvalue weighted by Gasteiger charge is 2.19. The number of thiocarbonyl (C=S) groups is 2. The van der Waals surface area contributed by atoms with Crippen molar-refractivity contribution in [1.29, 1.82) is 0 Å². The molecule has 3 rings (SSSR count). The number of hydrogen-bond acceptors (Lipinski definition) is 9. The van der Waals surface area contributed by atoms with Gasteiger partial charge in [0.05, 0.1) is 0 Å². The van der Waals surface area contributed by atoms with E-state index in [4.69, 9.17) is 47.6 Å². The summed E-state index contributed by atoms with van der Waals surface area (Å²) in [5, 5.41) is 12.3. The SMILES string of the molecule is CS(C)=O.CS(C)=O.CS(C)=O.C[C@H](NC(=O)c1ccc(C(=O)N[C@@H](C)C(=O)NNC(=S)Nc2ccc(Cl)cc2)cc1)C(=O)NNC(=S)Nc1ccc(Cl)cc1. The van der Waals surface area contributed by atoms with Gasteiger partial charge in [0.25, 0.3) is 23.6 Å². The minimum Gasteiger partial charge on any atom is -0.340 e. The predicted octanol–water partition coefficient (Wildman–Crippen LogP) is 3.25. The molecule has 0 aliphatic heterocycles. The molecule has 0 radical (unpaired) electrons. The summed E-state index contributed by atoms with van der Waals surface area (Å²) >= 11 is 22.0. The molecule has 0 aliphatic rings. The average molecular weight is 910 g/mol. The summed E-state index contributed by atoms with van der Waals surface area (Å²) < 4.78 is 28.7. The van der Waals surface area contributed by atoms with Crippen LogP contribution in [-0.4, -0.2) is 96.1 Å². The third kappa shape index (κ3) is 25.9. The number of benzene rings is 3. The number of halogens is 2. The zero-order valence-corrected chi connectivity index (χ0v) is 37.3. The number of hydrazine groups is 2. The lowest BCUT2D eigenvalue weighted by molar-refractivity contribution is -0.123. The Labute approximate surface area is 355 Å². The fourth-order valence-corrected chi connectivity index (χ4v) is 3.90. The molecule has 0 aromatic heterocycles. The Bertz CT molecular complexity index is 1680.